The quantitative estimate of drug-likeness (QED) is 0.148. The highest BCUT2D eigenvalue weighted by atomic mass is 32.2. The number of thioether (sulfide) groups is 2. The van der Waals surface area contributed by atoms with Crippen molar-refractivity contribution in [1.29, 1.82) is 0 Å². The van der Waals surface area contributed by atoms with Crippen molar-refractivity contribution in [2.75, 3.05) is 13.2 Å². The van der Waals surface area contributed by atoms with Crippen molar-refractivity contribution in [3.8, 4) is 0 Å². The predicted octanol–water partition coefficient (Wildman–Crippen LogP) is 4.55. The van der Waals surface area contributed by atoms with Gasteiger partial charge in [-0.3, -0.25) is 0 Å². The van der Waals surface area contributed by atoms with Gasteiger partial charge in [0.05, 0.1) is 25.4 Å². The van der Waals surface area contributed by atoms with Gasteiger partial charge in [0, 0.05) is 25.2 Å². The number of hydrogen-bond acceptors (Lipinski definition) is 12. The molecule has 16 heteroatoms. The van der Waals surface area contributed by atoms with Gasteiger partial charge in [0.15, 0.2) is 6.29 Å². The van der Waals surface area contributed by atoms with Crippen LogP contribution in [0.4, 0.5) is 0 Å². The van der Waals surface area contributed by atoms with E-state index in [1.54, 1.807) is 0 Å². The van der Waals surface area contributed by atoms with Crippen LogP contribution in [0.1, 0.15) is 11.9 Å². The number of fused-ring (bicyclic) bond motifs is 1. The van der Waals surface area contributed by atoms with Gasteiger partial charge in [-0.1, -0.05) is 100 Å². The SMILES string of the molecule is [N-]=[N+]=NC1[C@@H](O)[C@@H](O)C(CO)O[C@H]1Sc1ccccc1.[N-]=[N+]=NC1[C@@H](O)[C@H]2O[C@@H](c3ccccc3)OCC2O[C@H]1Sc1ccccc1. The summed E-state index contributed by atoms with van der Waals surface area (Å²) in [6, 6.07) is 26.8. The van der Waals surface area contributed by atoms with E-state index in [2.05, 4.69) is 20.1 Å². The van der Waals surface area contributed by atoms with Crippen LogP contribution < -0.4 is 0 Å². The minimum Gasteiger partial charge on any atom is -0.394 e. The second-order valence-electron chi connectivity index (χ2n) is 10.7. The van der Waals surface area contributed by atoms with Crippen molar-refractivity contribution >= 4 is 23.5 Å². The number of hydrogen-bond donors (Lipinski definition) is 4. The van der Waals surface area contributed by atoms with Crippen molar-refractivity contribution in [1.82, 2.24) is 0 Å². The van der Waals surface area contributed by atoms with Crippen molar-refractivity contribution in [3.63, 3.8) is 0 Å². The Hall–Kier alpha value is -3.34. The molecular formula is C31H34N6O8S2. The Morgan fingerprint density at radius 1 is 0.681 bits per heavy atom. The zero-order valence-electron chi connectivity index (χ0n) is 24.8. The number of aliphatic hydroxyl groups excluding tert-OH is 4. The molecule has 3 aromatic rings. The zero-order chi connectivity index (χ0) is 33.2. The van der Waals surface area contributed by atoms with Crippen LogP contribution >= 0.6 is 23.5 Å². The number of aliphatic hydroxyl groups is 4. The van der Waals surface area contributed by atoms with Gasteiger partial charge in [0.2, 0.25) is 0 Å². The Bertz CT molecular complexity index is 1510. The average molecular weight is 683 g/mol. The number of rotatable bonds is 8. The van der Waals surface area contributed by atoms with Crippen molar-refractivity contribution in [2.24, 2.45) is 10.2 Å². The molecule has 3 fully saturated rings. The highest BCUT2D eigenvalue weighted by Crippen LogP contribution is 2.40. The van der Waals surface area contributed by atoms with E-state index < -0.39 is 72.5 Å². The molecule has 3 aliphatic heterocycles. The first-order chi connectivity index (χ1) is 22.9. The van der Waals surface area contributed by atoms with Crippen LogP contribution in [0, 0.1) is 0 Å². The summed E-state index contributed by atoms with van der Waals surface area (Å²) >= 11 is 2.68. The van der Waals surface area contributed by atoms with Crippen LogP contribution in [-0.2, 0) is 18.9 Å². The average Bonchev–Trinajstić information content (AvgIpc) is 3.11. The summed E-state index contributed by atoms with van der Waals surface area (Å²) in [5.74, 6) is 0. The fourth-order valence-corrected chi connectivity index (χ4v) is 7.52. The summed E-state index contributed by atoms with van der Waals surface area (Å²) in [5.41, 5.74) is 17.2. The lowest BCUT2D eigenvalue weighted by Gasteiger charge is -2.46. The van der Waals surface area contributed by atoms with Crippen molar-refractivity contribution < 1.29 is 39.4 Å². The van der Waals surface area contributed by atoms with Gasteiger partial charge in [0.25, 0.3) is 0 Å². The standard InChI is InChI=1S/C19H19N3O4S.C12H15N3O4S/c20-22-21-15-16(23)17-14(25-19(15)27-13-9-5-2-6-10-13)11-24-18(26-17)12-7-3-1-4-8-12;13-15-14-9-11(18)10(17)8(6-16)19-12(9)20-7-4-2-1-3-5-7/h1-10,14-19,23H,11H2;1-5,8-12,16-18H,6H2/t14?,15?,16-,17+,18+,19+;8?,9?,10-,11+,12-/m10/s1. The Balaban J connectivity index is 0.000000194. The van der Waals surface area contributed by atoms with Gasteiger partial charge in [-0.05, 0) is 35.3 Å². The molecule has 0 radical (unpaired) electrons. The van der Waals surface area contributed by atoms with Gasteiger partial charge in [-0.15, -0.1) is 0 Å². The summed E-state index contributed by atoms with van der Waals surface area (Å²) in [4.78, 5) is 7.42. The summed E-state index contributed by atoms with van der Waals surface area (Å²) in [5, 5.41) is 47.1. The van der Waals surface area contributed by atoms with E-state index in [4.69, 9.17) is 30.0 Å². The minimum atomic E-state index is -1.29. The van der Waals surface area contributed by atoms with E-state index in [1.165, 1.54) is 23.5 Å². The molecule has 248 valence electrons. The van der Waals surface area contributed by atoms with Gasteiger partial charge in [-0.2, -0.15) is 0 Å². The maximum absolute atomic E-state index is 10.9. The van der Waals surface area contributed by atoms with E-state index in [0.717, 1.165) is 15.4 Å². The number of benzene rings is 3. The molecule has 0 aliphatic carbocycles. The van der Waals surface area contributed by atoms with Crippen molar-refractivity contribution in [2.45, 2.75) is 75.7 Å². The van der Waals surface area contributed by atoms with E-state index in [0.29, 0.717) is 0 Å². The molecule has 3 aromatic carbocycles. The molecule has 0 saturated carbocycles. The van der Waals surface area contributed by atoms with Crippen LogP contribution in [0.2, 0.25) is 0 Å². The first-order valence-electron chi connectivity index (χ1n) is 14.7. The van der Waals surface area contributed by atoms with Crippen molar-refractivity contribution in [3.05, 3.63) is 117 Å². The highest BCUT2D eigenvalue weighted by Gasteiger charge is 2.49. The molecule has 0 spiro atoms. The summed E-state index contributed by atoms with van der Waals surface area (Å²) in [6.45, 7) is -0.136. The third kappa shape index (κ3) is 8.77. The first kappa shape index (κ1) is 35.0. The summed E-state index contributed by atoms with van der Waals surface area (Å²) in [7, 11) is 0. The van der Waals surface area contributed by atoms with Crippen LogP contribution in [0.5, 0.6) is 0 Å². The first-order valence-corrected chi connectivity index (χ1v) is 16.5. The van der Waals surface area contributed by atoms with Crippen LogP contribution in [-0.4, -0.2) is 93.2 Å². The van der Waals surface area contributed by atoms with Crippen LogP contribution in [0.15, 0.2) is 111 Å². The van der Waals surface area contributed by atoms with E-state index in [9.17, 15) is 20.4 Å². The maximum atomic E-state index is 10.9. The van der Waals surface area contributed by atoms with Gasteiger partial charge in [-0.25, -0.2) is 0 Å². The smallest absolute Gasteiger partial charge is 0.184 e. The lowest BCUT2D eigenvalue weighted by Crippen LogP contribution is -2.60. The normalized spacial score (nSPS) is 33.1. The van der Waals surface area contributed by atoms with Crippen LogP contribution in [0.3, 0.4) is 0 Å². The van der Waals surface area contributed by atoms with Gasteiger partial charge >= 0.3 is 0 Å². The number of nitrogens with zero attached hydrogens (tertiary/aromatic N) is 6. The minimum absolute atomic E-state index is 0.288. The molecule has 47 heavy (non-hydrogen) atoms. The monoisotopic (exact) mass is 682 g/mol. The Labute approximate surface area is 278 Å². The predicted molar refractivity (Wildman–Crippen MR) is 173 cm³/mol. The molecule has 3 aliphatic rings. The van der Waals surface area contributed by atoms with E-state index in [1.807, 2.05) is 91.0 Å². The van der Waals surface area contributed by atoms with E-state index in [-0.39, 0.29) is 6.61 Å². The fourth-order valence-electron chi connectivity index (χ4n) is 5.25. The van der Waals surface area contributed by atoms with Gasteiger partial charge in [0.1, 0.15) is 47.4 Å². The lowest BCUT2D eigenvalue weighted by atomic mass is 9.97. The Morgan fingerprint density at radius 3 is 1.72 bits per heavy atom. The third-order valence-electron chi connectivity index (χ3n) is 7.61. The molecule has 0 aromatic heterocycles. The Kier molecular flexibility index (Phi) is 12.8. The molecule has 3 saturated heterocycles. The summed E-state index contributed by atoms with van der Waals surface area (Å²) < 4.78 is 23.4. The topological polar surface area (TPSA) is 215 Å². The molecule has 6 rings (SSSR count). The number of azide groups is 2. The largest absolute Gasteiger partial charge is 0.394 e. The maximum Gasteiger partial charge on any atom is 0.184 e. The Morgan fingerprint density at radius 2 is 1.19 bits per heavy atom. The molecule has 14 nitrogen and oxygen atoms in total. The highest BCUT2D eigenvalue weighted by molar-refractivity contribution is 8.00. The van der Waals surface area contributed by atoms with E-state index >= 15 is 0 Å². The molecule has 4 unspecified atom stereocenters. The molecule has 11 atom stereocenters. The molecule has 3 heterocycles. The lowest BCUT2D eigenvalue weighted by molar-refractivity contribution is -0.305. The molecule has 4 N–H and O–H groups in total. The fraction of sp³-hybridized carbons (Fsp3) is 0.419. The second kappa shape index (κ2) is 17.2. The van der Waals surface area contributed by atoms with Crippen LogP contribution in [0.25, 0.3) is 20.9 Å². The second-order valence-corrected chi connectivity index (χ2v) is 13.0. The molecular weight excluding hydrogens is 649 g/mol. The molecule has 0 amide bonds. The third-order valence-corrected chi connectivity index (χ3v) is 9.95. The summed E-state index contributed by atoms with van der Waals surface area (Å²) in [6.07, 6.45) is -6.12. The zero-order valence-corrected chi connectivity index (χ0v) is 26.5. The molecule has 0 bridgehead atoms. The van der Waals surface area contributed by atoms with Gasteiger partial charge < -0.3 is 39.4 Å². The number of ether oxygens (including phenoxy) is 4.